The average Bonchev–Trinajstić information content (AvgIpc) is 2.68. The van der Waals surface area contributed by atoms with Crippen LogP contribution in [-0.2, 0) is 0 Å². The molecule has 1 heterocycles. The van der Waals surface area contributed by atoms with Crippen molar-refractivity contribution in [1.29, 1.82) is 5.41 Å². The summed E-state index contributed by atoms with van der Waals surface area (Å²) in [6, 6.07) is 10.1. The summed E-state index contributed by atoms with van der Waals surface area (Å²) in [6.45, 7) is 3.63. The molecule has 0 atom stereocenters. The molecule has 5 N–H and O–H groups in total. The van der Waals surface area contributed by atoms with Crippen LogP contribution < -0.4 is 16.4 Å². The van der Waals surface area contributed by atoms with Gasteiger partial charge in [0.2, 0.25) is 5.95 Å². The van der Waals surface area contributed by atoms with Gasteiger partial charge in [0.15, 0.2) is 0 Å². The first-order valence-electron chi connectivity index (χ1n) is 9.42. The monoisotopic (exact) mass is 352 g/mol. The van der Waals surface area contributed by atoms with Gasteiger partial charge >= 0.3 is 0 Å². The largest absolute Gasteiger partial charge is 0.369 e. The Kier molecular flexibility index (Phi) is 6.17. The Morgan fingerprint density at radius 1 is 1.15 bits per heavy atom. The normalized spacial score (nSPS) is 19.8. The number of aromatic nitrogens is 2. The van der Waals surface area contributed by atoms with Crippen molar-refractivity contribution in [3.05, 3.63) is 47.7 Å². The number of hydrogen-bond donors (Lipinski definition) is 4. The molecule has 2 aromatic rings. The molecule has 1 saturated carbocycles. The van der Waals surface area contributed by atoms with Crippen LogP contribution in [0, 0.1) is 11.3 Å². The standard InChI is InChI=1S/C20H28N6/c1-2-23-20-25-13-17(18(22)15-6-4-3-5-7-15)19(26-20)24-12-14-8-10-16(21)11-9-14/h3-7,13-14,16,22H,2,8-12,21H2,1H3,(H2,23,24,25,26). The highest BCUT2D eigenvalue weighted by Gasteiger charge is 2.20. The van der Waals surface area contributed by atoms with Gasteiger partial charge in [-0.15, -0.1) is 0 Å². The molecule has 0 bridgehead atoms. The van der Waals surface area contributed by atoms with Crippen molar-refractivity contribution >= 4 is 17.5 Å². The van der Waals surface area contributed by atoms with E-state index in [0.717, 1.165) is 55.7 Å². The third kappa shape index (κ3) is 4.58. The highest BCUT2D eigenvalue weighted by Crippen LogP contribution is 2.25. The molecule has 138 valence electrons. The van der Waals surface area contributed by atoms with E-state index in [9.17, 15) is 0 Å². The number of nitrogens with two attached hydrogens (primary N) is 1. The molecule has 1 aliphatic rings. The SMILES string of the molecule is CCNc1ncc(C(=N)c2ccccc2)c(NCC2CCC(N)CC2)n1. The van der Waals surface area contributed by atoms with Crippen molar-refractivity contribution in [2.75, 3.05) is 23.7 Å². The molecule has 6 nitrogen and oxygen atoms in total. The quantitative estimate of drug-likeness (QED) is 0.573. The summed E-state index contributed by atoms with van der Waals surface area (Å²) >= 11 is 0. The molecule has 0 radical (unpaired) electrons. The minimum Gasteiger partial charge on any atom is -0.369 e. The molecule has 1 aromatic carbocycles. The first-order chi connectivity index (χ1) is 12.7. The lowest BCUT2D eigenvalue weighted by Gasteiger charge is -2.26. The predicted molar refractivity (Wildman–Crippen MR) is 107 cm³/mol. The third-order valence-corrected chi connectivity index (χ3v) is 4.91. The maximum Gasteiger partial charge on any atom is 0.224 e. The highest BCUT2D eigenvalue weighted by molar-refractivity contribution is 6.13. The fourth-order valence-corrected chi connectivity index (χ4v) is 3.34. The van der Waals surface area contributed by atoms with Gasteiger partial charge in [0.05, 0.1) is 11.3 Å². The molecule has 1 aliphatic carbocycles. The summed E-state index contributed by atoms with van der Waals surface area (Å²) in [5, 5.41) is 15.2. The number of anilines is 2. The van der Waals surface area contributed by atoms with Gasteiger partial charge in [-0.3, -0.25) is 5.41 Å². The molecule has 0 saturated heterocycles. The Labute approximate surface area is 155 Å². The minimum atomic E-state index is 0.354. The first-order valence-corrected chi connectivity index (χ1v) is 9.42. The van der Waals surface area contributed by atoms with Gasteiger partial charge in [0.25, 0.3) is 0 Å². The molecule has 0 aliphatic heterocycles. The zero-order valence-corrected chi connectivity index (χ0v) is 15.3. The summed E-state index contributed by atoms with van der Waals surface area (Å²) in [6.07, 6.45) is 6.20. The van der Waals surface area contributed by atoms with E-state index >= 15 is 0 Å². The lowest BCUT2D eigenvalue weighted by atomic mass is 9.86. The summed E-state index contributed by atoms with van der Waals surface area (Å²) < 4.78 is 0. The lowest BCUT2D eigenvalue weighted by molar-refractivity contribution is 0.338. The predicted octanol–water partition coefficient (Wildman–Crippen LogP) is 3.25. The van der Waals surface area contributed by atoms with Crippen LogP contribution in [0.15, 0.2) is 36.5 Å². The third-order valence-electron chi connectivity index (χ3n) is 4.91. The summed E-state index contributed by atoms with van der Waals surface area (Å²) in [7, 11) is 0. The van der Waals surface area contributed by atoms with Gasteiger partial charge in [-0.25, -0.2) is 4.98 Å². The van der Waals surface area contributed by atoms with Crippen molar-refractivity contribution in [2.45, 2.75) is 38.6 Å². The Hall–Kier alpha value is -2.47. The van der Waals surface area contributed by atoms with E-state index in [1.165, 1.54) is 0 Å². The van der Waals surface area contributed by atoms with Crippen LogP contribution in [0.1, 0.15) is 43.7 Å². The minimum absolute atomic E-state index is 0.354. The Morgan fingerprint density at radius 3 is 2.58 bits per heavy atom. The summed E-state index contributed by atoms with van der Waals surface area (Å²) in [5.41, 5.74) is 8.03. The number of hydrogen-bond acceptors (Lipinski definition) is 6. The van der Waals surface area contributed by atoms with E-state index in [1.807, 2.05) is 37.3 Å². The van der Waals surface area contributed by atoms with Crippen molar-refractivity contribution < 1.29 is 0 Å². The van der Waals surface area contributed by atoms with Crippen LogP contribution in [-0.4, -0.2) is 34.8 Å². The van der Waals surface area contributed by atoms with Crippen molar-refractivity contribution in [3.8, 4) is 0 Å². The molecule has 0 amide bonds. The zero-order chi connectivity index (χ0) is 18.4. The van der Waals surface area contributed by atoms with E-state index in [2.05, 4.69) is 20.6 Å². The molecule has 0 spiro atoms. The van der Waals surface area contributed by atoms with E-state index in [1.54, 1.807) is 6.20 Å². The van der Waals surface area contributed by atoms with E-state index in [-0.39, 0.29) is 0 Å². The van der Waals surface area contributed by atoms with Crippen LogP contribution in [0.2, 0.25) is 0 Å². The van der Waals surface area contributed by atoms with E-state index in [4.69, 9.17) is 11.1 Å². The van der Waals surface area contributed by atoms with Gasteiger partial charge in [-0.05, 0) is 38.5 Å². The number of rotatable bonds is 7. The maximum absolute atomic E-state index is 8.58. The molecular weight excluding hydrogens is 324 g/mol. The Bertz CT molecular complexity index is 722. The van der Waals surface area contributed by atoms with Crippen LogP contribution in [0.3, 0.4) is 0 Å². The number of nitrogens with zero attached hydrogens (tertiary/aromatic N) is 2. The molecule has 0 unspecified atom stereocenters. The average molecular weight is 352 g/mol. The zero-order valence-electron chi connectivity index (χ0n) is 15.3. The lowest BCUT2D eigenvalue weighted by Crippen LogP contribution is -2.29. The maximum atomic E-state index is 8.58. The molecule has 1 aromatic heterocycles. The molecule has 3 rings (SSSR count). The number of benzene rings is 1. The van der Waals surface area contributed by atoms with E-state index in [0.29, 0.717) is 23.6 Å². The Balaban J connectivity index is 1.78. The highest BCUT2D eigenvalue weighted by atomic mass is 15.1. The first kappa shape index (κ1) is 18.3. The molecule has 1 fully saturated rings. The van der Waals surface area contributed by atoms with Gasteiger partial charge in [0, 0.05) is 30.9 Å². The smallest absolute Gasteiger partial charge is 0.224 e. The van der Waals surface area contributed by atoms with E-state index < -0.39 is 0 Å². The Morgan fingerprint density at radius 2 is 1.88 bits per heavy atom. The molecular formula is C20H28N6. The second kappa shape index (κ2) is 8.76. The second-order valence-electron chi connectivity index (χ2n) is 6.89. The van der Waals surface area contributed by atoms with Gasteiger partial charge in [-0.2, -0.15) is 4.98 Å². The number of nitrogens with one attached hydrogen (secondary N) is 3. The van der Waals surface area contributed by atoms with Crippen LogP contribution in [0.4, 0.5) is 11.8 Å². The summed E-state index contributed by atoms with van der Waals surface area (Å²) in [4.78, 5) is 8.97. The second-order valence-corrected chi connectivity index (χ2v) is 6.89. The molecule has 6 heteroatoms. The van der Waals surface area contributed by atoms with Gasteiger partial charge in [-0.1, -0.05) is 30.3 Å². The van der Waals surface area contributed by atoms with Crippen LogP contribution >= 0.6 is 0 Å². The topological polar surface area (TPSA) is 99.7 Å². The van der Waals surface area contributed by atoms with Crippen molar-refractivity contribution in [3.63, 3.8) is 0 Å². The van der Waals surface area contributed by atoms with Crippen LogP contribution in [0.25, 0.3) is 0 Å². The van der Waals surface area contributed by atoms with Gasteiger partial charge < -0.3 is 16.4 Å². The summed E-state index contributed by atoms with van der Waals surface area (Å²) in [5.74, 6) is 1.91. The van der Waals surface area contributed by atoms with Gasteiger partial charge in [0.1, 0.15) is 5.82 Å². The van der Waals surface area contributed by atoms with Crippen molar-refractivity contribution in [2.24, 2.45) is 11.7 Å². The van der Waals surface area contributed by atoms with Crippen LogP contribution in [0.5, 0.6) is 0 Å². The fourth-order valence-electron chi connectivity index (χ4n) is 3.34. The fraction of sp³-hybridized carbons (Fsp3) is 0.450. The van der Waals surface area contributed by atoms with Crippen molar-refractivity contribution in [1.82, 2.24) is 9.97 Å². The molecule has 26 heavy (non-hydrogen) atoms.